The molecule has 2 aromatic heterocycles. The Balaban J connectivity index is 1.57. The van der Waals surface area contributed by atoms with Crippen LogP contribution in [-0.2, 0) is 0 Å². The van der Waals surface area contributed by atoms with Crippen molar-refractivity contribution in [1.82, 2.24) is 20.2 Å². The highest BCUT2D eigenvalue weighted by Gasteiger charge is 2.25. The van der Waals surface area contributed by atoms with Crippen molar-refractivity contribution >= 4 is 17.4 Å². The summed E-state index contributed by atoms with van der Waals surface area (Å²) in [6.07, 6.45) is 3.57. The van der Waals surface area contributed by atoms with Gasteiger partial charge in [0.1, 0.15) is 5.82 Å². The molecule has 0 spiro atoms. The fourth-order valence-electron chi connectivity index (χ4n) is 2.49. The first-order valence-corrected chi connectivity index (χ1v) is 7.86. The first kappa shape index (κ1) is 16.2. The van der Waals surface area contributed by atoms with E-state index in [-0.39, 0.29) is 11.4 Å². The van der Waals surface area contributed by atoms with Crippen LogP contribution in [0.4, 0.5) is 24.8 Å². The number of carbonyl (C=O) groups is 1. The molecule has 2 heterocycles. The van der Waals surface area contributed by atoms with Crippen molar-refractivity contribution in [2.45, 2.75) is 18.8 Å². The van der Waals surface area contributed by atoms with Crippen molar-refractivity contribution < 1.29 is 18.0 Å². The van der Waals surface area contributed by atoms with Crippen LogP contribution in [0, 0.1) is 17.5 Å². The standard InChI is InChI=1S/C17H12F3N5O/c18-10-5-9(6-11(19)15(10)20)16(26)17-21-4-3-13(23-17)22-14-7-12(24-25-14)8-1-2-8/h3-8H,1-2H2,(H2,21,22,23,24,25). The summed E-state index contributed by atoms with van der Waals surface area (Å²) in [5.41, 5.74) is 0.643. The highest BCUT2D eigenvalue weighted by molar-refractivity contribution is 6.06. The molecule has 0 amide bonds. The summed E-state index contributed by atoms with van der Waals surface area (Å²) >= 11 is 0. The Hall–Kier alpha value is -3.23. The van der Waals surface area contributed by atoms with Gasteiger partial charge in [-0.2, -0.15) is 5.10 Å². The van der Waals surface area contributed by atoms with Crippen LogP contribution in [-0.4, -0.2) is 25.9 Å². The Bertz CT molecular complexity index is 977. The van der Waals surface area contributed by atoms with Crippen molar-refractivity contribution in [1.29, 1.82) is 0 Å². The lowest BCUT2D eigenvalue weighted by molar-refractivity contribution is 0.102. The lowest BCUT2D eigenvalue weighted by Crippen LogP contribution is -2.10. The minimum Gasteiger partial charge on any atom is -0.323 e. The van der Waals surface area contributed by atoms with E-state index in [9.17, 15) is 18.0 Å². The molecule has 6 nitrogen and oxygen atoms in total. The van der Waals surface area contributed by atoms with Gasteiger partial charge in [0.15, 0.2) is 23.3 Å². The van der Waals surface area contributed by atoms with Crippen molar-refractivity contribution in [3.8, 4) is 0 Å². The van der Waals surface area contributed by atoms with Gasteiger partial charge in [0, 0.05) is 29.4 Å². The van der Waals surface area contributed by atoms with Gasteiger partial charge in [0.05, 0.1) is 0 Å². The van der Waals surface area contributed by atoms with E-state index in [0.717, 1.165) is 18.5 Å². The van der Waals surface area contributed by atoms with Crippen LogP contribution in [0.5, 0.6) is 0 Å². The number of ketones is 1. The summed E-state index contributed by atoms with van der Waals surface area (Å²) in [4.78, 5) is 20.2. The summed E-state index contributed by atoms with van der Waals surface area (Å²) in [7, 11) is 0. The van der Waals surface area contributed by atoms with Crippen molar-refractivity contribution in [2.24, 2.45) is 0 Å². The van der Waals surface area contributed by atoms with Crippen LogP contribution >= 0.6 is 0 Å². The van der Waals surface area contributed by atoms with Crippen LogP contribution in [0.2, 0.25) is 0 Å². The number of aromatic amines is 1. The van der Waals surface area contributed by atoms with Gasteiger partial charge in [-0.15, -0.1) is 0 Å². The highest BCUT2D eigenvalue weighted by Crippen LogP contribution is 2.39. The van der Waals surface area contributed by atoms with Crippen LogP contribution in [0.3, 0.4) is 0 Å². The van der Waals surface area contributed by atoms with Gasteiger partial charge in [-0.3, -0.25) is 9.89 Å². The maximum absolute atomic E-state index is 13.3. The van der Waals surface area contributed by atoms with Gasteiger partial charge in [-0.25, -0.2) is 23.1 Å². The molecular formula is C17H12F3N5O. The first-order chi connectivity index (χ1) is 12.5. The second kappa shape index (κ2) is 6.25. The number of rotatable bonds is 5. The van der Waals surface area contributed by atoms with E-state index >= 15 is 0 Å². The third-order valence-electron chi connectivity index (χ3n) is 3.98. The van der Waals surface area contributed by atoms with E-state index in [1.54, 1.807) is 0 Å². The minimum atomic E-state index is -1.64. The number of carbonyl (C=O) groups excluding carboxylic acids is 1. The minimum absolute atomic E-state index is 0.279. The zero-order valence-corrected chi connectivity index (χ0v) is 13.3. The highest BCUT2D eigenvalue weighted by atomic mass is 19.2. The number of hydrogen-bond donors (Lipinski definition) is 2. The average molecular weight is 359 g/mol. The molecule has 2 N–H and O–H groups in total. The monoisotopic (exact) mass is 359 g/mol. The number of halogens is 3. The molecule has 0 radical (unpaired) electrons. The molecule has 1 aliphatic rings. The van der Waals surface area contributed by atoms with Gasteiger partial charge in [0.25, 0.3) is 0 Å². The van der Waals surface area contributed by atoms with Crippen LogP contribution < -0.4 is 5.32 Å². The van der Waals surface area contributed by atoms with Gasteiger partial charge in [-0.05, 0) is 31.0 Å². The molecule has 132 valence electrons. The maximum Gasteiger partial charge on any atom is 0.230 e. The van der Waals surface area contributed by atoms with E-state index in [2.05, 4.69) is 25.5 Å². The normalized spacial score (nSPS) is 13.7. The van der Waals surface area contributed by atoms with Crippen molar-refractivity contribution in [3.63, 3.8) is 0 Å². The predicted octanol–water partition coefficient (Wildman–Crippen LogP) is 3.47. The Morgan fingerprint density at radius 1 is 1.12 bits per heavy atom. The molecule has 9 heteroatoms. The molecule has 1 aliphatic carbocycles. The largest absolute Gasteiger partial charge is 0.323 e. The number of aromatic nitrogens is 4. The molecule has 1 fully saturated rings. The van der Waals surface area contributed by atoms with Gasteiger partial charge < -0.3 is 5.32 Å². The Labute approximate surface area is 145 Å². The fraction of sp³-hybridized carbons (Fsp3) is 0.176. The molecule has 0 aliphatic heterocycles. The lowest BCUT2D eigenvalue weighted by atomic mass is 10.1. The number of anilines is 2. The quantitative estimate of drug-likeness (QED) is 0.538. The van der Waals surface area contributed by atoms with Crippen molar-refractivity contribution in [2.75, 3.05) is 5.32 Å². The molecule has 1 aromatic carbocycles. The average Bonchev–Trinajstić information content (AvgIpc) is 3.38. The van der Waals surface area contributed by atoms with Gasteiger partial charge in [0.2, 0.25) is 11.6 Å². The Morgan fingerprint density at radius 2 is 1.85 bits per heavy atom. The smallest absolute Gasteiger partial charge is 0.230 e. The lowest BCUT2D eigenvalue weighted by Gasteiger charge is -2.05. The van der Waals surface area contributed by atoms with Crippen molar-refractivity contribution in [3.05, 3.63) is 65.0 Å². The second-order valence-electron chi connectivity index (χ2n) is 5.96. The van der Waals surface area contributed by atoms with E-state index in [1.165, 1.54) is 12.3 Å². The molecule has 0 saturated heterocycles. The van der Waals surface area contributed by atoms with E-state index < -0.39 is 23.2 Å². The topological polar surface area (TPSA) is 83.6 Å². The number of hydrogen-bond acceptors (Lipinski definition) is 5. The van der Waals surface area contributed by atoms with Crippen LogP contribution in [0.25, 0.3) is 0 Å². The number of nitrogens with zero attached hydrogens (tertiary/aromatic N) is 3. The maximum atomic E-state index is 13.3. The number of H-pyrrole nitrogens is 1. The SMILES string of the molecule is O=C(c1cc(F)c(F)c(F)c1)c1nccc(Nc2cc(C3CC3)[nH]n2)n1. The molecule has 4 rings (SSSR count). The Kier molecular flexibility index (Phi) is 3.90. The second-order valence-corrected chi connectivity index (χ2v) is 5.96. The molecular weight excluding hydrogens is 347 g/mol. The number of nitrogens with one attached hydrogen (secondary N) is 2. The molecule has 0 atom stereocenters. The molecule has 0 bridgehead atoms. The first-order valence-electron chi connectivity index (χ1n) is 7.86. The molecule has 26 heavy (non-hydrogen) atoms. The molecule has 1 saturated carbocycles. The summed E-state index contributed by atoms with van der Waals surface area (Å²) in [5.74, 6) is -4.32. The molecule has 0 unspecified atom stereocenters. The fourth-order valence-corrected chi connectivity index (χ4v) is 2.49. The molecule has 3 aromatic rings. The van der Waals surface area contributed by atoms with Crippen LogP contribution in [0.1, 0.15) is 40.6 Å². The summed E-state index contributed by atoms with van der Waals surface area (Å²) in [6.45, 7) is 0. The van der Waals surface area contributed by atoms with E-state index in [0.29, 0.717) is 29.7 Å². The zero-order valence-electron chi connectivity index (χ0n) is 13.3. The summed E-state index contributed by atoms with van der Waals surface area (Å²) < 4.78 is 39.7. The van der Waals surface area contributed by atoms with Gasteiger partial charge >= 0.3 is 0 Å². The van der Waals surface area contributed by atoms with Crippen LogP contribution in [0.15, 0.2) is 30.5 Å². The predicted molar refractivity (Wildman–Crippen MR) is 85.6 cm³/mol. The van der Waals surface area contributed by atoms with Gasteiger partial charge in [-0.1, -0.05) is 0 Å². The number of benzene rings is 1. The third kappa shape index (κ3) is 3.15. The summed E-state index contributed by atoms with van der Waals surface area (Å²) in [6, 6.07) is 4.60. The zero-order chi connectivity index (χ0) is 18.3. The summed E-state index contributed by atoms with van der Waals surface area (Å²) in [5, 5.41) is 9.97. The third-order valence-corrected chi connectivity index (χ3v) is 3.98. The Morgan fingerprint density at radius 3 is 2.54 bits per heavy atom. The van der Waals surface area contributed by atoms with E-state index in [4.69, 9.17) is 0 Å². The van der Waals surface area contributed by atoms with E-state index in [1.807, 2.05) is 6.07 Å².